The van der Waals surface area contributed by atoms with Crippen molar-refractivity contribution < 1.29 is 0 Å². The average molecular weight is 255 g/mol. The quantitative estimate of drug-likeness (QED) is 0.758. The first kappa shape index (κ1) is 15.9. The molecule has 1 aliphatic rings. The van der Waals surface area contributed by atoms with Gasteiger partial charge < -0.3 is 10.6 Å². The summed E-state index contributed by atoms with van der Waals surface area (Å²) in [4.78, 5) is 5.07. The first-order valence-corrected chi connectivity index (χ1v) is 7.71. The molecule has 108 valence electrons. The third kappa shape index (κ3) is 3.69. The van der Waals surface area contributed by atoms with E-state index in [4.69, 9.17) is 5.73 Å². The van der Waals surface area contributed by atoms with Crippen molar-refractivity contribution >= 4 is 0 Å². The number of hydrogen-bond donors (Lipinski definition) is 1. The fraction of sp³-hybridized carbons (Fsp3) is 1.00. The van der Waals surface area contributed by atoms with Crippen LogP contribution in [0.1, 0.15) is 52.4 Å². The molecule has 0 aliphatic carbocycles. The molecule has 0 aromatic heterocycles. The Kier molecular flexibility index (Phi) is 6.61. The first-order chi connectivity index (χ1) is 8.59. The molecule has 2 N–H and O–H groups in total. The van der Waals surface area contributed by atoms with E-state index in [-0.39, 0.29) is 5.54 Å². The summed E-state index contributed by atoms with van der Waals surface area (Å²) < 4.78 is 0. The van der Waals surface area contributed by atoms with Crippen molar-refractivity contribution in [2.75, 3.05) is 33.7 Å². The molecule has 1 aliphatic heterocycles. The molecule has 18 heavy (non-hydrogen) atoms. The fourth-order valence-electron chi connectivity index (χ4n) is 3.53. The van der Waals surface area contributed by atoms with Crippen LogP contribution in [0.25, 0.3) is 0 Å². The topological polar surface area (TPSA) is 32.5 Å². The Morgan fingerprint density at radius 2 is 1.67 bits per heavy atom. The van der Waals surface area contributed by atoms with Gasteiger partial charge in [0, 0.05) is 18.1 Å². The maximum atomic E-state index is 6.16. The van der Waals surface area contributed by atoms with Crippen LogP contribution in [0.2, 0.25) is 0 Å². The fourth-order valence-corrected chi connectivity index (χ4v) is 3.53. The van der Waals surface area contributed by atoms with Gasteiger partial charge in [-0.25, -0.2) is 0 Å². The van der Waals surface area contributed by atoms with Gasteiger partial charge in [-0.3, -0.25) is 4.90 Å². The van der Waals surface area contributed by atoms with Gasteiger partial charge in [-0.2, -0.15) is 0 Å². The number of nitrogens with two attached hydrogens (primary N) is 1. The lowest BCUT2D eigenvalue weighted by atomic mass is 9.84. The Labute approximate surface area is 114 Å². The minimum atomic E-state index is 0.240. The Bertz CT molecular complexity index is 216. The monoisotopic (exact) mass is 255 g/mol. The number of likely N-dealkylation sites (tertiary alicyclic amines) is 1. The highest BCUT2D eigenvalue weighted by Crippen LogP contribution is 2.30. The van der Waals surface area contributed by atoms with Gasteiger partial charge in [-0.1, -0.05) is 26.7 Å². The zero-order chi connectivity index (χ0) is 13.6. The number of piperidine rings is 1. The maximum Gasteiger partial charge on any atom is 0.0331 e. The lowest BCUT2D eigenvalue weighted by Crippen LogP contribution is -2.57. The molecule has 0 bridgehead atoms. The Balaban J connectivity index is 2.71. The molecule has 0 aromatic carbocycles. The van der Waals surface area contributed by atoms with Crippen LogP contribution >= 0.6 is 0 Å². The van der Waals surface area contributed by atoms with E-state index in [9.17, 15) is 0 Å². The second-order valence-corrected chi connectivity index (χ2v) is 6.07. The van der Waals surface area contributed by atoms with Crippen LogP contribution in [0.5, 0.6) is 0 Å². The highest BCUT2D eigenvalue weighted by atomic mass is 15.2. The highest BCUT2D eigenvalue weighted by Gasteiger charge is 2.36. The SMILES string of the molecule is CCCC(CN)(CCC)N(C)C1CCN(C)CC1. The standard InChI is InChI=1S/C15H33N3/c1-5-9-15(13-16,10-6-2)18(4)14-7-11-17(3)12-8-14/h14H,5-13,16H2,1-4H3. The molecule has 0 radical (unpaired) electrons. The molecule has 0 saturated carbocycles. The first-order valence-electron chi connectivity index (χ1n) is 7.71. The maximum absolute atomic E-state index is 6.16. The number of nitrogens with zero attached hydrogens (tertiary/aromatic N) is 2. The van der Waals surface area contributed by atoms with Crippen LogP contribution < -0.4 is 5.73 Å². The van der Waals surface area contributed by atoms with E-state index in [1.807, 2.05) is 0 Å². The lowest BCUT2D eigenvalue weighted by molar-refractivity contribution is 0.0305. The third-order valence-corrected chi connectivity index (χ3v) is 4.79. The van der Waals surface area contributed by atoms with E-state index in [1.165, 1.54) is 51.6 Å². The second kappa shape index (κ2) is 7.46. The molecule has 0 aromatic rings. The van der Waals surface area contributed by atoms with Crippen LogP contribution in [0.15, 0.2) is 0 Å². The molecular formula is C15H33N3. The summed E-state index contributed by atoms with van der Waals surface area (Å²) >= 11 is 0. The summed E-state index contributed by atoms with van der Waals surface area (Å²) in [6.45, 7) is 7.82. The third-order valence-electron chi connectivity index (χ3n) is 4.79. The molecule has 0 spiro atoms. The minimum Gasteiger partial charge on any atom is -0.329 e. The number of likely N-dealkylation sites (N-methyl/N-ethyl adjacent to an activating group) is 1. The highest BCUT2D eigenvalue weighted by molar-refractivity contribution is 4.94. The Morgan fingerprint density at radius 3 is 2.06 bits per heavy atom. The van der Waals surface area contributed by atoms with Crippen molar-refractivity contribution in [1.82, 2.24) is 9.80 Å². The predicted molar refractivity (Wildman–Crippen MR) is 79.9 cm³/mol. The summed E-state index contributed by atoms with van der Waals surface area (Å²) in [7, 11) is 4.54. The van der Waals surface area contributed by atoms with Crippen molar-refractivity contribution in [3.05, 3.63) is 0 Å². The average Bonchev–Trinajstić information content (AvgIpc) is 2.38. The van der Waals surface area contributed by atoms with Crippen molar-refractivity contribution in [3.63, 3.8) is 0 Å². The van der Waals surface area contributed by atoms with Gasteiger partial charge in [0.1, 0.15) is 0 Å². The van der Waals surface area contributed by atoms with Gasteiger partial charge >= 0.3 is 0 Å². The zero-order valence-corrected chi connectivity index (χ0v) is 12.9. The zero-order valence-electron chi connectivity index (χ0n) is 12.9. The van der Waals surface area contributed by atoms with Crippen LogP contribution in [-0.4, -0.2) is 55.1 Å². The van der Waals surface area contributed by atoms with Gasteiger partial charge in [0.15, 0.2) is 0 Å². The van der Waals surface area contributed by atoms with Gasteiger partial charge in [0.25, 0.3) is 0 Å². The summed E-state index contributed by atoms with van der Waals surface area (Å²) in [5, 5.41) is 0. The van der Waals surface area contributed by atoms with Crippen molar-refractivity contribution in [2.24, 2.45) is 5.73 Å². The van der Waals surface area contributed by atoms with E-state index in [0.29, 0.717) is 0 Å². The van der Waals surface area contributed by atoms with E-state index in [0.717, 1.165) is 12.6 Å². The van der Waals surface area contributed by atoms with E-state index in [2.05, 4.69) is 37.7 Å². The van der Waals surface area contributed by atoms with Crippen LogP contribution in [0.4, 0.5) is 0 Å². The van der Waals surface area contributed by atoms with Gasteiger partial charge in [0.2, 0.25) is 0 Å². The Hall–Kier alpha value is -0.120. The summed E-state index contributed by atoms with van der Waals surface area (Å²) in [6.07, 6.45) is 7.52. The van der Waals surface area contributed by atoms with Crippen LogP contribution in [0.3, 0.4) is 0 Å². The summed E-state index contributed by atoms with van der Waals surface area (Å²) in [5.41, 5.74) is 6.40. The van der Waals surface area contributed by atoms with E-state index >= 15 is 0 Å². The van der Waals surface area contributed by atoms with Crippen molar-refractivity contribution in [1.29, 1.82) is 0 Å². The van der Waals surface area contributed by atoms with E-state index < -0.39 is 0 Å². The normalized spacial score (nSPS) is 19.7. The second-order valence-electron chi connectivity index (χ2n) is 6.07. The van der Waals surface area contributed by atoms with Gasteiger partial charge in [-0.05, 0) is 52.9 Å². The molecule has 0 amide bonds. The molecule has 0 atom stereocenters. The molecular weight excluding hydrogens is 222 g/mol. The van der Waals surface area contributed by atoms with Gasteiger partial charge in [-0.15, -0.1) is 0 Å². The number of rotatable bonds is 7. The number of hydrogen-bond acceptors (Lipinski definition) is 3. The van der Waals surface area contributed by atoms with Gasteiger partial charge in [0.05, 0.1) is 0 Å². The molecule has 1 heterocycles. The predicted octanol–water partition coefficient (Wildman–Crippen LogP) is 2.31. The van der Waals surface area contributed by atoms with E-state index in [1.54, 1.807) is 0 Å². The van der Waals surface area contributed by atoms with Crippen molar-refractivity contribution in [3.8, 4) is 0 Å². The molecule has 1 saturated heterocycles. The minimum absolute atomic E-state index is 0.240. The van der Waals surface area contributed by atoms with Crippen LogP contribution in [0, 0.1) is 0 Å². The van der Waals surface area contributed by atoms with Crippen molar-refractivity contribution in [2.45, 2.75) is 64.0 Å². The Morgan fingerprint density at radius 1 is 1.17 bits per heavy atom. The molecule has 0 unspecified atom stereocenters. The molecule has 1 fully saturated rings. The largest absolute Gasteiger partial charge is 0.329 e. The summed E-state index contributed by atoms with van der Waals surface area (Å²) in [5.74, 6) is 0. The molecule has 3 nitrogen and oxygen atoms in total. The molecule has 3 heteroatoms. The smallest absolute Gasteiger partial charge is 0.0331 e. The summed E-state index contributed by atoms with van der Waals surface area (Å²) in [6, 6.07) is 0.725. The van der Waals surface area contributed by atoms with Crippen LogP contribution in [-0.2, 0) is 0 Å². The lowest BCUT2D eigenvalue weighted by Gasteiger charge is -2.47. The molecule has 1 rings (SSSR count).